The molecule has 1 aromatic heterocycles. The lowest BCUT2D eigenvalue weighted by Crippen LogP contribution is -2.45. The number of fused-ring (bicyclic) bond motifs is 1. The van der Waals surface area contributed by atoms with E-state index in [0.29, 0.717) is 30.9 Å². The lowest BCUT2D eigenvalue weighted by Gasteiger charge is -2.31. The molecule has 1 saturated carbocycles. The summed E-state index contributed by atoms with van der Waals surface area (Å²) in [5.41, 5.74) is 2.65. The quantitative estimate of drug-likeness (QED) is 0.525. The van der Waals surface area contributed by atoms with Gasteiger partial charge < -0.3 is 19.9 Å². The van der Waals surface area contributed by atoms with E-state index < -0.39 is 0 Å². The van der Waals surface area contributed by atoms with Gasteiger partial charge in [-0.05, 0) is 61.8 Å². The average molecular weight is 436 g/mol. The molecule has 0 saturated heterocycles. The topological polar surface area (TPSA) is 57.4 Å². The maximum absolute atomic E-state index is 12.8. The van der Waals surface area contributed by atoms with Gasteiger partial charge in [-0.3, -0.25) is 4.79 Å². The van der Waals surface area contributed by atoms with E-state index in [0.717, 1.165) is 35.1 Å². The molecule has 0 bridgehead atoms. The summed E-state index contributed by atoms with van der Waals surface area (Å²) in [6, 6.07) is 18.3. The smallest absolute Gasteiger partial charge is 0.253 e. The second kappa shape index (κ2) is 9.96. The summed E-state index contributed by atoms with van der Waals surface area (Å²) in [4.78, 5) is 18.0. The third-order valence-electron chi connectivity index (χ3n) is 5.86. The highest BCUT2D eigenvalue weighted by Crippen LogP contribution is 2.26. The largest absolute Gasteiger partial charge is 0.494 e. The molecule has 0 aliphatic heterocycles. The Morgan fingerprint density at radius 2 is 1.94 bits per heavy atom. The zero-order chi connectivity index (χ0) is 21.6. The van der Waals surface area contributed by atoms with Crippen LogP contribution in [-0.4, -0.2) is 27.6 Å². The van der Waals surface area contributed by atoms with Crippen LogP contribution in [0.5, 0.6) is 5.75 Å². The Hall–Kier alpha value is -2.86. The molecule has 3 aromatic rings. The maximum Gasteiger partial charge on any atom is 0.253 e. The minimum atomic E-state index is -0.0643. The van der Waals surface area contributed by atoms with Gasteiger partial charge in [-0.25, -0.2) is 0 Å². The minimum Gasteiger partial charge on any atom is -0.494 e. The summed E-state index contributed by atoms with van der Waals surface area (Å²) in [5.74, 6) is 0.806. The van der Waals surface area contributed by atoms with Gasteiger partial charge in [0.1, 0.15) is 5.75 Å². The second-order valence-electron chi connectivity index (χ2n) is 8.02. The van der Waals surface area contributed by atoms with E-state index in [1.165, 1.54) is 18.4 Å². The fraction of sp³-hybridized carbons (Fsp3) is 0.360. The van der Waals surface area contributed by atoms with Crippen LogP contribution in [0.3, 0.4) is 0 Å². The van der Waals surface area contributed by atoms with E-state index in [1.807, 2.05) is 49.4 Å². The summed E-state index contributed by atoms with van der Waals surface area (Å²) in [6.45, 7) is 3.74. The Morgan fingerprint density at radius 1 is 1.16 bits per heavy atom. The predicted molar refractivity (Wildman–Crippen MR) is 129 cm³/mol. The van der Waals surface area contributed by atoms with Crippen LogP contribution < -0.4 is 15.6 Å². The lowest BCUT2D eigenvalue weighted by atomic mass is 10.1. The van der Waals surface area contributed by atoms with Crippen molar-refractivity contribution in [1.82, 2.24) is 15.2 Å². The zero-order valence-electron chi connectivity index (χ0n) is 17.9. The summed E-state index contributed by atoms with van der Waals surface area (Å²) in [6.07, 6.45) is 4.61. The number of ether oxygens (including phenoxy) is 1. The Morgan fingerprint density at radius 3 is 2.68 bits per heavy atom. The Labute approximate surface area is 188 Å². The second-order valence-corrected chi connectivity index (χ2v) is 8.40. The number of nitrogens with one attached hydrogen (secondary N) is 2. The van der Waals surface area contributed by atoms with Crippen molar-refractivity contribution in [3.63, 3.8) is 0 Å². The molecule has 0 amide bonds. The molecular weight excluding hydrogens is 406 g/mol. The summed E-state index contributed by atoms with van der Waals surface area (Å²) >= 11 is 5.79. The van der Waals surface area contributed by atoms with Gasteiger partial charge >= 0.3 is 0 Å². The number of hydrogen-bond acceptors (Lipinski definition) is 3. The minimum absolute atomic E-state index is 0.0643. The molecule has 1 fully saturated rings. The highest BCUT2D eigenvalue weighted by molar-refractivity contribution is 7.80. The first-order chi connectivity index (χ1) is 15.1. The number of aromatic amines is 1. The van der Waals surface area contributed by atoms with Crippen LogP contribution in [0.2, 0.25) is 0 Å². The Balaban J connectivity index is 1.57. The molecule has 0 atom stereocenters. The number of rotatable bonds is 7. The fourth-order valence-corrected chi connectivity index (χ4v) is 4.53. The van der Waals surface area contributed by atoms with Crippen molar-refractivity contribution < 1.29 is 4.74 Å². The summed E-state index contributed by atoms with van der Waals surface area (Å²) < 4.78 is 5.63. The number of aromatic nitrogens is 1. The van der Waals surface area contributed by atoms with Gasteiger partial charge in [-0.15, -0.1) is 0 Å². The highest BCUT2D eigenvalue weighted by atomic mass is 32.1. The highest BCUT2D eigenvalue weighted by Gasteiger charge is 2.25. The molecule has 2 aromatic carbocycles. The first-order valence-corrected chi connectivity index (χ1v) is 11.4. The van der Waals surface area contributed by atoms with E-state index >= 15 is 0 Å². The van der Waals surface area contributed by atoms with Crippen molar-refractivity contribution in [2.45, 2.75) is 51.7 Å². The predicted octanol–water partition coefficient (Wildman–Crippen LogP) is 4.75. The molecule has 5 nitrogen and oxygen atoms in total. The van der Waals surface area contributed by atoms with Crippen LogP contribution in [0.4, 0.5) is 0 Å². The molecule has 0 unspecified atom stereocenters. The van der Waals surface area contributed by atoms with Gasteiger partial charge in [0.15, 0.2) is 5.11 Å². The van der Waals surface area contributed by atoms with Crippen molar-refractivity contribution in [3.8, 4) is 5.75 Å². The molecule has 6 heteroatoms. The standard InChI is InChI=1S/C25H29N3O2S/c1-2-30-22-12-13-23-19(15-22)14-20(24(29)27-23)17-28(21-10-6-7-11-21)25(31)26-16-18-8-4-3-5-9-18/h3-5,8-9,12-15,21H,2,6-7,10-11,16-17H2,1H3,(H,26,31)(H,27,29). The average Bonchev–Trinajstić information content (AvgIpc) is 3.32. The number of H-pyrrole nitrogens is 1. The number of hydrogen-bond donors (Lipinski definition) is 2. The molecule has 1 heterocycles. The van der Waals surface area contributed by atoms with Crippen LogP contribution >= 0.6 is 12.2 Å². The third kappa shape index (κ3) is 5.25. The molecule has 31 heavy (non-hydrogen) atoms. The first-order valence-electron chi connectivity index (χ1n) is 11.0. The van der Waals surface area contributed by atoms with Gasteiger partial charge in [0.2, 0.25) is 0 Å². The van der Waals surface area contributed by atoms with Crippen molar-refractivity contribution >= 4 is 28.2 Å². The van der Waals surface area contributed by atoms with Crippen molar-refractivity contribution in [2.75, 3.05) is 6.61 Å². The Bertz CT molecular complexity index is 1090. The van der Waals surface area contributed by atoms with Gasteiger partial charge in [0.05, 0.1) is 13.2 Å². The maximum atomic E-state index is 12.8. The van der Waals surface area contributed by atoms with Crippen LogP contribution in [0.25, 0.3) is 10.9 Å². The number of nitrogens with zero attached hydrogens (tertiary/aromatic N) is 1. The van der Waals surface area contributed by atoms with Crippen molar-refractivity contribution in [2.24, 2.45) is 0 Å². The summed E-state index contributed by atoms with van der Waals surface area (Å²) in [5, 5.41) is 5.08. The molecular formula is C25H29N3O2S. The summed E-state index contributed by atoms with van der Waals surface area (Å²) in [7, 11) is 0. The molecule has 162 valence electrons. The normalized spacial score (nSPS) is 14.0. The van der Waals surface area contributed by atoms with Crippen molar-refractivity contribution in [1.29, 1.82) is 0 Å². The van der Waals surface area contributed by atoms with E-state index in [9.17, 15) is 4.79 Å². The fourth-order valence-electron chi connectivity index (χ4n) is 4.25. The van der Waals surface area contributed by atoms with Gasteiger partial charge in [-0.2, -0.15) is 0 Å². The van der Waals surface area contributed by atoms with Gasteiger partial charge in [0, 0.05) is 29.1 Å². The van der Waals surface area contributed by atoms with E-state index in [-0.39, 0.29) is 5.56 Å². The van der Waals surface area contributed by atoms with E-state index in [4.69, 9.17) is 17.0 Å². The molecule has 4 rings (SSSR count). The van der Waals surface area contributed by atoms with Crippen LogP contribution in [-0.2, 0) is 13.1 Å². The molecule has 1 aliphatic rings. The van der Waals surface area contributed by atoms with Crippen LogP contribution in [0.15, 0.2) is 59.4 Å². The van der Waals surface area contributed by atoms with E-state index in [2.05, 4.69) is 27.3 Å². The molecule has 1 aliphatic carbocycles. The zero-order valence-corrected chi connectivity index (χ0v) is 18.7. The monoisotopic (exact) mass is 435 g/mol. The number of benzene rings is 2. The van der Waals surface area contributed by atoms with Crippen LogP contribution in [0.1, 0.15) is 43.7 Å². The molecule has 0 radical (unpaired) electrons. The molecule has 0 spiro atoms. The van der Waals surface area contributed by atoms with Crippen molar-refractivity contribution in [3.05, 3.63) is 76.1 Å². The van der Waals surface area contributed by atoms with Gasteiger partial charge in [-0.1, -0.05) is 43.2 Å². The lowest BCUT2D eigenvalue weighted by molar-refractivity contribution is 0.302. The molecule has 2 N–H and O–H groups in total. The van der Waals surface area contributed by atoms with E-state index in [1.54, 1.807) is 0 Å². The SMILES string of the molecule is CCOc1ccc2[nH]c(=O)c(CN(C(=S)NCc3ccccc3)C3CCCC3)cc2c1. The number of pyridine rings is 1. The van der Waals surface area contributed by atoms with Crippen LogP contribution in [0, 0.1) is 0 Å². The number of thiocarbonyl (C=S) groups is 1. The first kappa shape index (κ1) is 21.4. The van der Waals surface area contributed by atoms with Gasteiger partial charge in [0.25, 0.3) is 5.56 Å². The Kier molecular flexibility index (Phi) is 6.87. The third-order valence-corrected chi connectivity index (χ3v) is 6.24.